The van der Waals surface area contributed by atoms with Gasteiger partial charge in [0, 0.05) is 21.0 Å². The smallest absolute Gasteiger partial charge is 0.254 e. The summed E-state index contributed by atoms with van der Waals surface area (Å²) < 4.78 is 41.9. The number of aryl methyl sites for hydroxylation is 2. The van der Waals surface area contributed by atoms with E-state index in [0.717, 1.165) is 38.7 Å². The van der Waals surface area contributed by atoms with Gasteiger partial charge < -0.3 is 0 Å². The van der Waals surface area contributed by atoms with Gasteiger partial charge in [0.2, 0.25) is 0 Å². The zero-order valence-corrected chi connectivity index (χ0v) is 20.1. The summed E-state index contributed by atoms with van der Waals surface area (Å²) in [5.74, 6) is 1.11. The molecule has 5 rings (SSSR count). The Morgan fingerprint density at radius 1 is 1.00 bits per heavy atom. The molecule has 2 aromatic heterocycles. The Balaban J connectivity index is 1.71. The number of hydrogen-bond donors (Lipinski definition) is 0. The SMILES string of the molecule is Cc1sc2c(c1C)C(c1ccc(Cl)cc1)=NN(Cc1cccc(C(F)(F)F)c1)c1nnc(C)n1-2. The molecule has 0 unspecified atom stereocenters. The number of thiophene rings is 1. The third kappa shape index (κ3) is 3.88. The van der Waals surface area contributed by atoms with Crippen molar-refractivity contribution in [1.29, 1.82) is 0 Å². The van der Waals surface area contributed by atoms with Gasteiger partial charge in [0.25, 0.3) is 5.95 Å². The summed E-state index contributed by atoms with van der Waals surface area (Å²) >= 11 is 7.73. The fourth-order valence-corrected chi connectivity index (χ4v) is 5.28. The number of fused-ring (bicyclic) bond motifs is 3. The molecule has 0 spiro atoms. The second-order valence-corrected chi connectivity index (χ2v) is 9.70. The second kappa shape index (κ2) is 8.25. The average Bonchev–Trinajstić information content (AvgIpc) is 3.26. The highest BCUT2D eigenvalue weighted by Crippen LogP contribution is 2.39. The number of rotatable bonds is 3. The van der Waals surface area contributed by atoms with E-state index >= 15 is 0 Å². The molecular weight excluding hydrogens is 483 g/mol. The number of benzene rings is 2. The van der Waals surface area contributed by atoms with Crippen LogP contribution in [0.15, 0.2) is 53.6 Å². The Kier molecular flexibility index (Phi) is 5.49. The predicted octanol–water partition coefficient (Wildman–Crippen LogP) is 6.70. The van der Waals surface area contributed by atoms with Gasteiger partial charge in [-0.05, 0) is 56.2 Å². The fraction of sp³-hybridized carbons (Fsp3) is 0.208. The zero-order chi connectivity index (χ0) is 24.2. The summed E-state index contributed by atoms with van der Waals surface area (Å²) in [5, 5.41) is 16.7. The number of hydrazone groups is 1. The summed E-state index contributed by atoms with van der Waals surface area (Å²) in [5.41, 5.74) is 3.32. The van der Waals surface area contributed by atoms with Crippen molar-refractivity contribution in [3.05, 3.63) is 92.1 Å². The number of aromatic nitrogens is 3. The van der Waals surface area contributed by atoms with Crippen LogP contribution in [0.4, 0.5) is 19.1 Å². The van der Waals surface area contributed by atoms with Crippen molar-refractivity contribution < 1.29 is 13.2 Å². The summed E-state index contributed by atoms with van der Waals surface area (Å²) in [6, 6.07) is 12.6. The van der Waals surface area contributed by atoms with Crippen LogP contribution in [0.25, 0.3) is 5.00 Å². The largest absolute Gasteiger partial charge is 0.416 e. The molecule has 34 heavy (non-hydrogen) atoms. The molecule has 0 saturated heterocycles. The minimum absolute atomic E-state index is 0.0894. The van der Waals surface area contributed by atoms with Crippen molar-refractivity contribution in [2.75, 3.05) is 5.01 Å². The van der Waals surface area contributed by atoms with E-state index in [1.54, 1.807) is 34.5 Å². The van der Waals surface area contributed by atoms with Gasteiger partial charge in [0.15, 0.2) is 0 Å². The van der Waals surface area contributed by atoms with Crippen LogP contribution in [-0.4, -0.2) is 20.5 Å². The van der Waals surface area contributed by atoms with E-state index in [9.17, 15) is 13.2 Å². The number of nitrogens with zero attached hydrogens (tertiary/aromatic N) is 5. The molecule has 0 bridgehead atoms. The third-order valence-electron chi connectivity index (χ3n) is 5.77. The first-order valence-electron chi connectivity index (χ1n) is 10.4. The van der Waals surface area contributed by atoms with Crippen molar-refractivity contribution in [1.82, 2.24) is 14.8 Å². The molecule has 1 aliphatic rings. The number of hydrogen-bond acceptors (Lipinski definition) is 5. The van der Waals surface area contributed by atoms with Crippen molar-refractivity contribution in [3.63, 3.8) is 0 Å². The van der Waals surface area contributed by atoms with E-state index in [1.165, 1.54) is 6.07 Å². The number of alkyl halides is 3. The first-order valence-corrected chi connectivity index (χ1v) is 11.6. The summed E-state index contributed by atoms with van der Waals surface area (Å²) in [6.07, 6.45) is -4.43. The van der Waals surface area contributed by atoms with Crippen LogP contribution >= 0.6 is 22.9 Å². The molecule has 3 heterocycles. The molecule has 0 radical (unpaired) electrons. The molecule has 4 aromatic rings. The van der Waals surface area contributed by atoms with Gasteiger partial charge in [-0.25, -0.2) is 5.01 Å². The van der Waals surface area contributed by atoms with Gasteiger partial charge in [0.1, 0.15) is 16.5 Å². The van der Waals surface area contributed by atoms with Crippen molar-refractivity contribution in [2.24, 2.45) is 5.10 Å². The van der Waals surface area contributed by atoms with Gasteiger partial charge in [-0.3, -0.25) is 4.57 Å². The topological polar surface area (TPSA) is 46.3 Å². The van der Waals surface area contributed by atoms with Crippen LogP contribution in [0.2, 0.25) is 5.02 Å². The highest BCUT2D eigenvalue weighted by Gasteiger charge is 2.32. The molecule has 174 valence electrons. The minimum atomic E-state index is -4.43. The maximum Gasteiger partial charge on any atom is 0.416 e. The van der Waals surface area contributed by atoms with E-state index < -0.39 is 11.7 Å². The minimum Gasteiger partial charge on any atom is -0.254 e. The third-order valence-corrected chi connectivity index (χ3v) is 7.21. The second-order valence-electron chi connectivity index (χ2n) is 8.06. The molecular formula is C24H19ClF3N5S. The van der Waals surface area contributed by atoms with Crippen LogP contribution in [0.3, 0.4) is 0 Å². The highest BCUT2D eigenvalue weighted by molar-refractivity contribution is 7.15. The van der Waals surface area contributed by atoms with Crippen LogP contribution in [-0.2, 0) is 12.7 Å². The molecule has 2 aromatic carbocycles. The van der Waals surface area contributed by atoms with Gasteiger partial charge in [0.05, 0.1) is 12.1 Å². The van der Waals surface area contributed by atoms with E-state index in [4.69, 9.17) is 16.7 Å². The van der Waals surface area contributed by atoms with Crippen LogP contribution in [0.5, 0.6) is 0 Å². The predicted molar refractivity (Wildman–Crippen MR) is 128 cm³/mol. The first kappa shape index (κ1) is 22.6. The lowest BCUT2D eigenvalue weighted by Crippen LogP contribution is -2.21. The molecule has 0 saturated carbocycles. The molecule has 0 atom stereocenters. The van der Waals surface area contributed by atoms with Crippen LogP contribution in [0.1, 0.15) is 38.5 Å². The Morgan fingerprint density at radius 2 is 1.74 bits per heavy atom. The van der Waals surface area contributed by atoms with Crippen LogP contribution in [0, 0.1) is 20.8 Å². The summed E-state index contributed by atoms with van der Waals surface area (Å²) in [6.45, 7) is 6.03. The highest BCUT2D eigenvalue weighted by atomic mass is 35.5. The lowest BCUT2D eigenvalue weighted by Gasteiger charge is -2.19. The van der Waals surface area contributed by atoms with Gasteiger partial charge in [-0.15, -0.1) is 21.5 Å². The lowest BCUT2D eigenvalue weighted by molar-refractivity contribution is -0.137. The average molecular weight is 502 g/mol. The van der Waals surface area contributed by atoms with Gasteiger partial charge in [-0.1, -0.05) is 35.9 Å². The standard InChI is InChI=1S/C24H19ClF3N5S/c1-13-14(2)34-22-20(13)21(17-7-9-19(25)10-8-17)31-32(23-30-29-15(3)33(22)23)12-16-5-4-6-18(11-16)24(26,27)28/h4-11H,12H2,1-3H3. The molecule has 0 fully saturated rings. The van der Waals surface area contributed by atoms with E-state index in [-0.39, 0.29) is 6.54 Å². The maximum atomic E-state index is 13.3. The van der Waals surface area contributed by atoms with Crippen LogP contribution < -0.4 is 5.01 Å². The Hall–Kier alpha value is -3.17. The fourth-order valence-electron chi connectivity index (χ4n) is 3.95. The zero-order valence-electron chi connectivity index (χ0n) is 18.5. The van der Waals surface area contributed by atoms with Gasteiger partial charge >= 0.3 is 6.18 Å². The normalized spacial score (nSPS) is 13.4. The quantitative estimate of drug-likeness (QED) is 0.314. The Labute approximate surface area is 203 Å². The maximum absolute atomic E-state index is 13.3. The van der Waals surface area contributed by atoms with Crippen molar-refractivity contribution >= 4 is 34.6 Å². The molecule has 5 nitrogen and oxygen atoms in total. The monoisotopic (exact) mass is 501 g/mol. The van der Waals surface area contributed by atoms with Crippen molar-refractivity contribution in [3.8, 4) is 5.00 Å². The first-order chi connectivity index (χ1) is 16.1. The Bertz CT molecular complexity index is 1420. The number of anilines is 1. The van der Waals surface area contributed by atoms with Crippen molar-refractivity contribution in [2.45, 2.75) is 33.5 Å². The molecule has 0 amide bonds. The molecule has 10 heteroatoms. The summed E-state index contributed by atoms with van der Waals surface area (Å²) in [4.78, 5) is 1.14. The molecule has 0 N–H and O–H groups in total. The molecule has 1 aliphatic heterocycles. The Morgan fingerprint density at radius 3 is 2.44 bits per heavy atom. The van der Waals surface area contributed by atoms with E-state index in [2.05, 4.69) is 10.2 Å². The number of halogens is 4. The lowest BCUT2D eigenvalue weighted by atomic mass is 10.00. The van der Waals surface area contributed by atoms with E-state index in [0.29, 0.717) is 28.1 Å². The molecule has 0 aliphatic carbocycles. The van der Waals surface area contributed by atoms with E-state index in [1.807, 2.05) is 37.5 Å². The van der Waals surface area contributed by atoms with Gasteiger partial charge in [-0.2, -0.15) is 18.3 Å². The summed E-state index contributed by atoms with van der Waals surface area (Å²) in [7, 11) is 0.